The van der Waals surface area contributed by atoms with Gasteiger partial charge in [0.15, 0.2) is 0 Å². The Morgan fingerprint density at radius 1 is 1.33 bits per heavy atom. The third-order valence-electron chi connectivity index (χ3n) is 5.40. The van der Waals surface area contributed by atoms with Crippen LogP contribution in [-0.4, -0.2) is 17.0 Å². The molecule has 0 unspecified atom stereocenters. The topological polar surface area (TPSA) is 34.0 Å². The number of carbonyl (C=O) groups is 1. The number of benzene rings is 1. The Hall–Kier alpha value is -1.77. The molecule has 0 saturated heterocycles. The molecule has 0 radical (unpaired) electrons. The standard InChI is InChI=1S/C18H22N2O/c1-20-11-15(14-7-2-3-8-16(14)20)18(9-10-18)12-19-17(21)13-5-4-6-13/h2-3,7-8,11,13H,4-6,9-10,12H2,1H3,(H,19,21). The van der Waals surface area contributed by atoms with E-state index in [1.807, 2.05) is 0 Å². The van der Waals surface area contributed by atoms with E-state index in [-0.39, 0.29) is 17.2 Å². The molecule has 21 heavy (non-hydrogen) atoms. The van der Waals surface area contributed by atoms with E-state index in [4.69, 9.17) is 0 Å². The van der Waals surface area contributed by atoms with Crippen LogP contribution in [0.5, 0.6) is 0 Å². The highest BCUT2D eigenvalue weighted by Gasteiger charge is 2.46. The minimum absolute atomic E-state index is 0.181. The Labute approximate surface area is 125 Å². The number of amides is 1. The summed E-state index contributed by atoms with van der Waals surface area (Å²) in [6.07, 6.45) is 8.00. The molecule has 2 aliphatic carbocycles. The van der Waals surface area contributed by atoms with Crippen LogP contribution in [-0.2, 0) is 17.3 Å². The van der Waals surface area contributed by atoms with Gasteiger partial charge in [-0.05, 0) is 37.3 Å². The molecule has 2 saturated carbocycles. The van der Waals surface area contributed by atoms with Crippen molar-refractivity contribution in [2.45, 2.75) is 37.5 Å². The van der Waals surface area contributed by atoms with E-state index in [9.17, 15) is 4.79 Å². The molecule has 2 fully saturated rings. The summed E-state index contributed by atoms with van der Waals surface area (Å²) in [5, 5.41) is 4.55. The van der Waals surface area contributed by atoms with Crippen molar-refractivity contribution in [2.75, 3.05) is 6.54 Å². The maximum absolute atomic E-state index is 12.1. The maximum Gasteiger partial charge on any atom is 0.223 e. The lowest BCUT2D eigenvalue weighted by molar-refractivity contribution is -0.127. The molecule has 0 atom stereocenters. The van der Waals surface area contributed by atoms with Gasteiger partial charge in [-0.3, -0.25) is 4.79 Å². The van der Waals surface area contributed by atoms with Crippen LogP contribution in [0, 0.1) is 5.92 Å². The smallest absolute Gasteiger partial charge is 0.223 e. The Morgan fingerprint density at radius 2 is 2.10 bits per heavy atom. The predicted octanol–water partition coefficient (Wildman–Crippen LogP) is 3.13. The fraction of sp³-hybridized carbons (Fsp3) is 0.500. The molecule has 1 aromatic heterocycles. The van der Waals surface area contributed by atoms with Crippen LogP contribution in [0.1, 0.15) is 37.7 Å². The molecule has 2 aliphatic rings. The van der Waals surface area contributed by atoms with Gasteiger partial charge in [0.05, 0.1) is 0 Å². The number of para-hydroxylation sites is 1. The molecule has 3 heteroatoms. The Morgan fingerprint density at radius 3 is 2.76 bits per heavy atom. The summed E-state index contributed by atoms with van der Waals surface area (Å²) >= 11 is 0. The number of rotatable bonds is 4. The van der Waals surface area contributed by atoms with Gasteiger partial charge in [0.2, 0.25) is 5.91 Å². The first-order valence-corrected chi connectivity index (χ1v) is 8.02. The fourth-order valence-corrected chi connectivity index (χ4v) is 3.53. The first-order valence-electron chi connectivity index (χ1n) is 8.02. The Kier molecular flexibility index (Phi) is 2.84. The molecule has 1 amide bonds. The molecule has 0 aliphatic heterocycles. The normalized spacial score (nSPS) is 20.2. The van der Waals surface area contributed by atoms with E-state index in [2.05, 4.69) is 47.4 Å². The molecule has 2 aromatic rings. The Balaban J connectivity index is 1.57. The van der Waals surface area contributed by atoms with Crippen molar-refractivity contribution >= 4 is 16.8 Å². The maximum atomic E-state index is 12.1. The van der Waals surface area contributed by atoms with Gasteiger partial charge in [0, 0.05) is 42.0 Å². The number of nitrogens with zero attached hydrogens (tertiary/aromatic N) is 1. The molecule has 4 rings (SSSR count). The lowest BCUT2D eigenvalue weighted by Crippen LogP contribution is -2.38. The van der Waals surface area contributed by atoms with Gasteiger partial charge in [-0.1, -0.05) is 24.6 Å². The molecule has 0 spiro atoms. The number of carbonyl (C=O) groups excluding carboxylic acids is 1. The van der Waals surface area contributed by atoms with Crippen LogP contribution >= 0.6 is 0 Å². The van der Waals surface area contributed by atoms with Crippen molar-refractivity contribution in [2.24, 2.45) is 13.0 Å². The average molecular weight is 282 g/mol. The largest absolute Gasteiger partial charge is 0.355 e. The van der Waals surface area contributed by atoms with E-state index in [0.29, 0.717) is 0 Å². The first-order chi connectivity index (χ1) is 10.2. The van der Waals surface area contributed by atoms with Crippen LogP contribution in [0.4, 0.5) is 0 Å². The molecule has 3 nitrogen and oxygen atoms in total. The summed E-state index contributed by atoms with van der Waals surface area (Å²) in [6.45, 7) is 0.802. The predicted molar refractivity (Wildman–Crippen MR) is 84.2 cm³/mol. The highest BCUT2D eigenvalue weighted by atomic mass is 16.1. The summed E-state index contributed by atoms with van der Waals surface area (Å²) in [6, 6.07) is 8.57. The minimum atomic E-state index is 0.181. The van der Waals surface area contributed by atoms with Gasteiger partial charge in [0.25, 0.3) is 0 Å². The second kappa shape index (κ2) is 4.62. The number of aromatic nitrogens is 1. The zero-order valence-electron chi connectivity index (χ0n) is 12.6. The van der Waals surface area contributed by atoms with Crippen LogP contribution in [0.25, 0.3) is 10.9 Å². The van der Waals surface area contributed by atoms with Crippen molar-refractivity contribution < 1.29 is 4.79 Å². The second-order valence-electron chi connectivity index (χ2n) is 6.80. The van der Waals surface area contributed by atoms with Crippen molar-refractivity contribution in [3.05, 3.63) is 36.0 Å². The molecular weight excluding hydrogens is 260 g/mol. The third kappa shape index (κ3) is 2.06. The van der Waals surface area contributed by atoms with Crippen LogP contribution < -0.4 is 5.32 Å². The van der Waals surface area contributed by atoms with Crippen LogP contribution in [0.2, 0.25) is 0 Å². The number of hydrogen-bond acceptors (Lipinski definition) is 1. The number of hydrogen-bond donors (Lipinski definition) is 1. The summed E-state index contributed by atoms with van der Waals surface area (Å²) < 4.78 is 2.21. The molecular formula is C18H22N2O. The van der Waals surface area contributed by atoms with Crippen molar-refractivity contribution in [3.63, 3.8) is 0 Å². The van der Waals surface area contributed by atoms with Crippen LogP contribution in [0.15, 0.2) is 30.5 Å². The van der Waals surface area contributed by atoms with Gasteiger partial charge in [-0.25, -0.2) is 0 Å². The summed E-state index contributed by atoms with van der Waals surface area (Å²) in [5.74, 6) is 0.557. The summed E-state index contributed by atoms with van der Waals surface area (Å²) in [4.78, 5) is 12.1. The summed E-state index contributed by atoms with van der Waals surface area (Å²) in [5.41, 5.74) is 2.87. The highest BCUT2D eigenvalue weighted by Crippen LogP contribution is 2.50. The lowest BCUT2D eigenvalue weighted by Gasteiger charge is -2.25. The van der Waals surface area contributed by atoms with Crippen molar-refractivity contribution in [1.82, 2.24) is 9.88 Å². The third-order valence-corrected chi connectivity index (χ3v) is 5.40. The zero-order chi connectivity index (χ0) is 14.4. The number of fused-ring (bicyclic) bond motifs is 1. The molecule has 110 valence electrons. The average Bonchev–Trinajstić information content (AvgIpc) is 3.15. The van der Waals surface area contributed by atoms with Gasteiger partial charge in [-0.15, -0.1) is 0 Å². The zero-order valence-corrected chi connectivity index (χ0v) is 12.6. The quantitative estimate of drug-likeness (QED) is 0.918. The van der Waals surface area contributed by atoms with Crippen LogP contribution in [0.3, 0.4) is 0 Å². The summed E-state index contributed by atoms with van der Waals surface area (Å²) in [7, 11) is 2.11. The lowest BCUT2D eigenvalue weighted by atomic mass is 9.84. The van der Waals surface area contributed by atoms with E-state index in [1.165, 1.54) is 35.7 Å². The fourth-order valence-electron chi connectivity index (χ4n) is 3.53. The molecule has 1 N–H and O–H groups in total. The van der Waals surface area contributed by atoms with Gasteiger partial charge in [0.1, 0.15) is 0 Å². The molecule has 0 bridgehead atoms. The van der Waals surface area contributed by atoms with E-state index in [1.54, 1.807) is 0 Å². The highest BCUT2D eigenvalue weighted by molar-refractivity contribution is 5.86. The minimum Gasteiger partial charge on any atom is -0.355 e. The van der Waals surface area contributed by atoms with Gasteiger partial charge < -0.3 is 9.88 Å². The number of aryl methyl sites for hydroxylation is 1. The monoisotopic (exact) mass is 282 g/mol. The first kappa shape index (κ1) is 12.9. The molecule has 1 heterocycles. The second-order valence-corrected chi connectivity index (χ2v) is 6.80. The van der Waals surface area contributed by atoms with Gasteiger partial charge in [-0.2, -0.15) is 0 Å². The van der Waals surface area contributed by atoms with Gasteiger partial charge >= 0.3 is 0 Å². The van der Waals surface area contributed by atoms with E-state index in [0.717, 1.165) is 19.4 Å². The SMILES string of the molecule is Cn1cc(C2(CNC(=O)C3CCC3)CC2)c2ccccc21. The van der Waals surface area contributed by atoms with Crippen molar-refractivity contribution in [1.29, 1.82) is 0 Å². The van der Waals surface area contributed by atoms with E-state index < -0.39 is 0 Å². The Bertz CT molecular complexity index is 692. The van der Waals surface area contributed by atoms with Crippen molar-refractivity contribution in [3.8, 4) is 0 Å². The number of nitrogens with one attached hydrogen (secondary N) is 1. The van der Waals surface area contributed by atoms with E-state index >= 15 is 0 Å². The molecule has 1 aromatic carbocycles.